The molecule has 0 saturated heterocycles. The van der Waals surface area contributed by atoms with Crippen molar-refractivity contribution in [3.63, 3.8) is 0 Å². The predicted octanol–water partition coefficient (Wildman–Crippen LogP) is 1.26. The van der Waals surface area contributed by atoms with E-state index in [1.54, 1.807) is 0 Å². The Bertz CT molecular complexity index is 11.5. The van der Waals surface area contributed by atoms with E-state index < -0.39 is 0 Å². The van der Waals surface area contributed by atoms with Crippen molar-refractivity contribution in [3.8, 4) is 0 Å². The van der Waals surface area contributed by atoms with Gasteiger partial charge in [0.2, 0.25) is 0 Å². The van der Waals surface area contributed by atoms with E-state index in [1.807, 2.05) is 0 Å². The standard InChI is InChI=1S/2ClH.2H2OP/c;;2*1-2/h2*1H;2*2H2/q;;2*+1. The summed E-state index contributed by atoms with van der Waals surface area (Å²) in [6.07, 6.45) is 0. The molecular formula is H6Cl2O2P2+2. The van der Waals surface area contributed by atoms with Crippen molar-refractivity contribution in [2.45, 2.75) is 0 Å². The van der Waals surface area contributed by atoms with Gasteiger partial charge in [0.25, 0.3) is 0 Å². The van der Waals surface area contributed by atoms with E-state index in [0.29, 0.717) is 0 Å². The zero-order chi connectivity index (χ0) is 4.00. The number of rotatable bonds is 0. The fraction of sp³-hybridized carbons (Fsp3) is 0. The van der Waals surface area contributed by atoms with Gasteiger partial charge in [-0.1, -0.05) is 9.13 Å². The van der Waals surface area contributed by atoms with Gasteiger partial charge in [-0.3, -0.25) is 0 Å². The SMILES string of the molecule is Cl.Cl.O=[PH2+].O=[PH2+]. The summed E-state index contributed by atoms with van der Waals surface area (Å²) in [5.74, 6) is 0. The van der Waals surface area contributed by atoms with E-state index in [4.69, 9.17) is 9.13 Å². The Balaban J connectivity index is -0.00000000500. The van der Waals surface area contributed by atoms with Crippen LogP contribution in [0.2, 0.25) is 0 Å². The van der Waals surface area contributed by atoms with E-state index in [0.717, 1.165) is 0 Å². The predicted molar refractivity (Wildman–Crippen MR) is 35.3 cm³/mol. The zero-order valence-electron chi connectivity index (χ0n) is 2.79. The summed E-state index contributed by atoms with van der Waals surface area (Å²) in [4.78, 5) is 0. The van der Waals surface area contributed by atoms with Gasteiger partial charge in [-0.25, -0.2) is 0 Å². The first-order valence-electron chi connectivity index (χ1n) is 0.471. The van der Waals surface area contributed by atoms with Crippen molar-refractivity contribution in [2.75, 3.05) is 0 Å². The molecule has 0 aliphatic heterocycles. The lowest BCUT2D eigenvalue weighted by Crippen LogP contribution is -0.489. The Morgan fingerprint density at radius 1 is 0.667 bits per heavy atom. The number of hydrogen-bond acceptors (Lipinski definition) is 2. The molecule has 0 saturated carbocycles. The smallest absolute Gasteiger partial charge is 0.147 e. The molecule has 0 spiro atoms. The van der Waals surface area contributed by atoms with Crippen LogP contribution in [-0.2, 0) is 9.13 Å². The molecule has 2 nitrogen and oxygen atoms in total. The van der Waals surface area contributed by atoms with Gasteiger partial charge in [0.15, 0.2) is 0 Å². The highest BCUT2D eigenvalue weighted by atomic mass is 35.5. The van der Waals surface area contributed by atoms with Gasteiger partial charge in [0.05, 0.1) is 0 Å². The van der Waals surface area contributed by atoms with Gasteiger partial charge in [-0.05, 0) is 0 Å². The Labute approximate surface area is 52.8 Å². The highest BCUT2D eigenvalue weighted by Gasteiger charge is 0.851. The summed E-state index contributed by atoms with van der Waals surface area (Å²) in [7, 11) is 2.33. The second kappa shape index (κ2) is 217. The quantitative estimate of drug-likeness (QED) is 0.514. The summed E-state index contributed by atoms with van der Waals surface area (Å²) in [6.45, 7) is 0. The van der Waals surface area contributed by atoms with Crippen molar-refractivity contribution in [3.05, 3.63) is 0 Å². The van der Waals surface area contributed by atoms with Gasteiger partial charge >= 0.3 is 18.2 Å². The second-order valence-electron chi connectivity index (χ2n) is 0. The molecule has 0 radical (unpaired) electrons. The molecule has 2 atom stereocenters. The first kappa shape index (κ1) is 29.3. The molecule has 0 aromatic rings. The maximum atomic E-state index is 8.17. The Morgan fingerprint density at radius 2 is 0.667 bits per heavy atom. The molecule has 0 N–H and O–H groups in total. The molecule has 0 aliphatic carbocycles. The molecule has 0 heterocycles. The van der Waals surface area contributed by atoms with Gasteiger partial charge < -0.3 is 0 Å². The maximum absolute atomic E-state index is 8.17. The van der Waals surface area contributed by atoms with Crippen LogP contribution in [0.3, 0.4) is 0 Å². The fourth-order valence-corrected chi connectivity index (χ4v) is 0. The second-order valence-corrected chi connectivity index (χ2v) is 0. The molecule has 0 rings (SSSR count). The van der Waals surface area contributed by atoms with E-state index in [2.05, 4.69) is 0 Å². The molecule has 40 valence electrons. The lowest BCUT2D eigenvalue weighted by molar-refractivity contribution is 0.607. The van der Waals surface area contributed by atoms with E-state index in [1.165, 1.54) is 18.2 Å². The first-order valence-corrected chi connectivity index (χ1v) is 1.41. The van der Waals surface area contributed by atoms with Gasteiger partial charge in [0, 0.05) is 0 Å². The summed E-state index contributed by atoms with van der Waals surface area (Å²) in [5.41, 5.74) is 0. The third-order valence-electron chi connectivity index (χ3n) is 0. The molecule has 0 amide bonds. The highest BCUT2D eigenvalue weighted by molar-refractivity contribution is 7.00. The summed E-state index contributed by atoms with van der Waals surface area (Å²) >= 11 is 0. The third-order valence-corrected chi connectivity index (χ3v) is 0. The average molecular weight is 171 g/mol. The molecular weight excluding hydrogens is 165 g/mol. The van der Waals surface area contributed by atoms with Crippen molar-refractivity contribution in [1.29, 1.82) is 0 Å². The van der Waals surface area contributed by atoms with Crippen molar-refractivity contribution < 1.29 is 9.13 Å². The molecule has 0 aromatic carbocycles. The Kier molecular flexibility index (Phi) is 1060. The van der Waals surface area contributed by atoms with Crippen LogP contribution in [0.15, 0.2) is 0 Å². The average Bonchev–Trinajstić information content (AvgIpc) is 1.50. The third kappa shape index (κ3) is 112. The lowest BCUT2D eigenvalue weighted by Gasteiger charge is -0.618. The van der Waals surface area contributed by atoms with Gasteiger partial charge in [-0.15, -0.1) is 24.8 Å². The van der Waals surface area contributed by atoms with E-state index >= 15 is 0 Å². The van der Waals surface area contributed by atoms with Crippen LogP contribution >= 0.6 is 43.1 Å². The van der Waals surface area contributed by atoms with Crippen LogP contribution < -0.4 is 0 Å². The van der Waals surface area contributed by atoms with E-state index in [9.17, 15) is 0 Å². The molecule has 0 bridgehead atoms. The van der Waals surface area contributed by atoms with Gasteiger partial charge in [0.1, 0.15) is 0 Å². The topological polar surface area (TPSA) is 34.1 Å². The van der Waals surface area contributed by atoms with Crippen LogP contribution in [0.5, 0.6) is 0 Å². The summed E-state index contributed by atoms with van der Waals surface area (Å²) in [5, 5.41) is 0. The number of halogens is 2. The minimum absolute atomic E-state index is 0. The zero-order valence-corrected chi connectivity index (χ0v) is 6.73. The Hall–Kier alpha value is 0.780. The van der Waals surface area contributed by atoms with Crippen LogP contribution in [0.4, 0.5) is 0 Å². The van der Waals surface area contributed by atoms with Crippen molar-refractivity contribution >= 4 is 43.1 Å². The molecule has 0 aromatic heterocycles. The van der Waals surface area contributed by atoms with Crippen LogP contribution in [-0.4, -0.2) is 0 Å². The Morgan fingerprint density at radius 3 is 0.667 bits per heavy atom. The molecule has 6 heteroatoms. The monoisotopic (exact) mass is 170 g/mol. The van der Waals surface area contributed by atoms with Crippen molar-refractivity contribution in [1.82, 2.24) is 0 Å². The fourth-order valence-electron chi connectivity index (χ4n) is 0. The van der Waals surface area contributed by atoms with Crippen LogP contribution in [0.25, 0.3) is 0 Å². The summed E-state index contributed by atoms with van der Waals surface area (Å²) in [6, 6.07) is 0. The minimum Gasteiger partial charge on any atom is -0.147 e. The highest BCUT2D eigenvalue weighted by Crippen LogP contribution is 1.23. The molecule has 2 unspecified atom stereocenters. The largest absolute Gasteiger partial charge is 0.310 e. The van der Waals surface area contributed by atoms with Crippen LogP contribution in [0.1, 0.15) is 0 Å². The molecule has 0 aliphatic rings. The van der Waals surface area contributed by atoms with Crippen molar-refractivity contribution in [2.24, 2.45) is 0 Å². The van der Waals surface area contributed by atoms with E-state index in [-0.39, 0.29) is 24.8 Å². The molecule has 6 heavy (non-hydrogen) atoms. The molecule has 0 fully saturated rings. The van der Waals surface area contributed by atoms with Gasteiger partial charge in [-0.2, -0.15) is 0 Å². The number of hydrogen-bond donors (Lipinski definition) is 0. The summed E-state index contributed by atoms with van der Waals surface area (Å²) < 4.78 is 16.3. The van der Waals surface area contributed by atoms with Crippen LogP contribution in [0, 0.1) is 0 Å². The normalized spacial score (nSPS) is 1.33. The first-order chi connectivity index (χ1) is 2.00. The minimum atomic E-state index is 0. The maximum Gasteiger partial charge on any atom is 0.310 e. The lowest BCUT2D eigenvalue weighted by atomic mass is 16.0.